The van der Waals surface area contributed by atoms with E-state index in [1.54, 1.807) is 6.20 Å². The van der Waals surface area contributed by atoms with E-state index >= 15 is 0 Å². The lowest BCUT2D eigenvalue weighted by Crippen LogP contribution is -1.96. The Hall–Kier alpha value is -2.19. The Balaban J connectivity index is 0. The number of hydrogen-bond donors (Lipinski definition) is 1. The predicted octanol–water partition coefficient (Wildman–Crippen LogP) is 5.33. The minimum Gasteiger partial charge on any atom is -0.400 e. The van der Waals surface area contributed by atoms with Crippen molar-refractivity contribution in [2.75, 3.05) is 7.11 Å². The summed E-state index contributed by atoms with van der Waals surface area (Å²) in [6.07, 6.45) is 11.7. The van der Waals surface area contributed by atoms with Gasteiger partial charge in [-0.1, -0.05) is 75.1 Å². The van der Waals surface area contributed by atoms with Crippen LogP contribution in [0.1, 0.15) is 33.3 Å². The Bertz CT molecular complexity index is 494. The fraction of sp³-hybridized carbons (Fsp3) is 0.250. The van der Waals surface area contributed by atoms with Crippen LogP contribution < -0.4 is 0 Å². The standard InChI is InChI=1S/C17H19N.C2H6.CH4O/c1-4-6-8-11-15(3)14-17(18-5-2)16-12-9-7-10-13-16;2*1-2/h4-14H,2H2,1,3H3;1-2H3;2H,1H3/b6-4-,11-8-,15-14+,18-17?;;. The van der Waals surface area contributed by atoms with E-state index in [1.807, 2.05) is 69.3 Å². The number of rotatable bonds is 5. The molecule has 0 aliphatic heterocycles. The van der Waals surface area contributed by atoms with Crippen molar-refractivity contribution in [2.24, 2.45) is 4.99 Å². The maximum atomic E-state index is 7.00. The van der Waals surface area contributed by atoms with Crippen LogP contribution in [0.25, 0.3) is 0 Å². The highest BCUT2D eigenvalue weighted by molar-refractivity contribution is 6.09. The average Bonchev–Trinajstić information content (AvgIpc) is 2.59. The smallest absolute Gasteiger partial charge is 0.0704 e. The highest BCUT2D eigenvalue weighted by Gasteiger charge is 1.98. The second-order valence-electron chi connectivity index (χ2n) is 3.84. The largest absolute Gasteiger partial charge is 0.400 e. The number of nitrogens with zero attached hydrogens (tertiary/aromatic N) is 1. The Morgan fingerprint density at radius 3 is 2.18 bits per heavy atom. The molecule has 22 heavy (non-hydrogen) atoms. The summed E-state index contributed by atoms with van der Waals surface area (Å²) in [6, 6.07) is 10.1. The molecule has 0 atom stereocenters. The third-order valence-electron chi connectivity index (χ3n) is 2.33. The molecule has 0 saturated heterocycles. The van der Waals surface area contributed by atoms with E-state index in [0.29, 0.717) is 0 Å². The van der Waals surface area contributed by atoms with Crippen LogP contribution in [0.4, 0.5) is 0 Å². The summed E-state index contributed by atoms with van der Waals surface area (Å²) in [5, 5.41) is 7.00. The number of aliphatic hydroxyl groups excluding tert-OH is 1. The summed E-state index contributed by atoms with van der Waals surface area (Å²) in [5.41, 5.74) is 3.17. The molecule has 0 saturated carbocycles. The highest BCUT2D eigenvalue weighted by Crippen LogP contribution is 2.06. The molecule has 0 aliphatic carbocycles. The van der Waals surface area contributed by atoms with Crippen LogP contribution in [0.5, 0.6) is 0 Å². The van der Waals surface area contributed by atoms with Gasteiger partial charge in [-0.3, -0.25) is 4.99 Å². The molecule has 120 valence electrons. The third kappa shape index (κ3) is 10.6. The number of allylic oxidation sites excluding steroid dienone is 6. The zero-order valence-corrected chi connectivity index (χ0v) is 14.5. The monoisotopic (exact) mass is 299 g/mol. The molecule has 0 unspecified atom stereocenters. The second kappa shape index (κ2) is 16.9. The second-order valence-corrected chi connectivity index (χ2v) is 3.84. The summed E-state index contributed by atoms with van der Waals surface area (Å²) in [6.45, 7) is 11.7. The van der Waals surface area contributed by atoms with Crippen LogP contribution >= 0.6 is 0 Å². The van der Waals surface area contributed by atoms with E-state index < -0.39 is 0 Å². The number of hydrogen-bond acceptors (Lipinski definition) is 2. The average molecular weight is 299 g/mol. The Labute approximate surface area is 135 Å². The van der Waals surface area contributed by atoms with Crippen LogP contribution in [-0.4, -0.2) is 17.9 Å². The molecule has 0 aromatic heterocycles. The van der Waals surface area contributed by atoms with Crippen molar-refractivity contribution in [3.05, 3.63) is 84.6 Å². The van der Waals surface area contributed by atoms with Gasteiger partial charge in [0.2, 0.25) is 0 Å². The minimum atomic E-state index is 0.924. The molecule has 0 radical (unpaired) electrons. The van der Waals surface area contributed by atoms with E-state index in [9.17, 15) is 0 Å². The first-order valence-corrected chi connectivity index (χ1v) is 7.44. The first kappa shape index (κ1) is 22.1. The molecular weight excluding hydrogens is 270 g/mol. The quantitative estimate of drug-likeness (QED) is 0.578. The lowest BCUT2D eigenvalue weighted by molar-refractivity contribution is 0.399. The molecule has 1 N–H and O–H groups in total. The number of aliphatic imine (C=N–C) groups is 1. The van der Waals surface area contributed by atoms with Crippen molar-refractivity contribution in [1.82, 2.24) is 0 Å². The predicted molar refractivity (Wildman–Crippen MR) is 100 cm³/mol. The van der Waals surface area contributed by atoms with Gasteiger partial charge in [0, 0.05) is 18.9 Å². The molecule has 0 spiro atoms. The van der Waals surface area contributed by atoms with Gasteiger partial charge in [0.15, 0.2) is 0 Å². The van der Waals surface area contributed by atoms with Gasteiger partial charge in [0.1, 0.15) is 0 Å². The number of benzene rings is 1. The molecule has 0 fully saturated rings. The van der Waals surface area contributed by atoms with Gasteiger partial charge in [-0.25, -0.2) is 0 Å². The first-order valence-electron chi connectivity index (χ1n) is 7.44. The van der Waals surface area contributed by atoms with Crippen LogP contribution in [0.3, 0.4) is 0 Å². The molecule has 1 rings (SSSR count). The third-order valence-corrected chi connectivity index (χ3v) is 2.33. The van der Waals surface area contributed by atoms with Crippen molar-refractivity contribution in [2.45, 2.75) is 27.7 Å². The van der Waals surface area contributed by atoms with E-state index in [1.165, 1.54) is 0 Å². The summed E-state index contributed by atoms with van der Waals surface area (Å²) in [5.74, 6) is 0. The Kier molecular flexibility index (Phi) is 16.9. The lowest BCUT2D eigenvalue weighted by atomic mass is 10.1. The lowest BCUT2D eigenvalue weighted by Gasteiger charge is -2.01. The molecule has 2 heteroatoms. The molecule has 0 heterocycles. The maximum Gasteiger partial charge on any atom is 0.0704 e. The van der Waals surface area contributed by atoms with Gasteiger partial charge in [0.25, 0.3) is 0 Å². The van der Waals surface area contributed by atoms with Gasteiger partial charge in [-0.15, -0.1) is 0 Å². The van der Waals surface area contributed by atoms with Gasteiger partial charge in [-0.05, 0) is 25.5 Å². The summed E-state index contributed by atoms with van der Waals surface area (Å²) < 4.78 is 0. The molecule has 0 bridgehead atoms. The van der Waals surface area contributed by atoms with Gasteiger partial charge < -0.3 is 5.11 Å². The normalized spacial score (nSPS) is 11.5. The van der Waals surface area contributed by atoms with E-state index in [-0.39, 0.29) is 0 Å². The Morgan fingerprint density at radius 1 is 1.09 bits per heavy atom. The van der Waals surface area contributed by atoms with Crippen LogP contribution in [0, 0.1) is 0 Å². The van der Waals surface area contributed by atoms with Gasteiger partial charge in [0.05, 0.1) is 5.71 Å². The van der Waals surface area contributed by atoms with Crippen molar-refractivity contribution in [1.29, 1.82) is 0 Å². The Morgan fingerprint density at radius 2 is 1.68 bits per heavy atom. The highest BCUT2D eigenvalue weighted by atomic mass is 16.2. The molecular formula is C20H29NO. The maximum absolute atomic E-state index is 7.00. The molecule has 0 aliphatic rings. The van der Waals surface area contributed by atoms with Gasteiger partial charge >= 0.3 is 0 Å². The van der Waals surface area contributed by atoms with Crippen molar-refractivity contribution >= 4 is 5.71 Å². The van der Waals surface area contributed by atoms with E-state index in [0.717, 1.165) is 24.0 Å². The zero-order valence-electron chi connectivity index (χ0n) is 14.5. The summed E-state index contributed by atoms with van der Waals surface area (Å²) >= 11 is 0. The van der Waals surface area contributed by atoms with Crippen molar-refractivity contribution in [3.63, 3.8) is 0 Å². The molecule has 1 aromatic carbocycles. The summed E-state index contributed by atoms with van der Waals surface area (Å²) in [4.78, 5) is 4.31. The topological polar surface area (TPSA) is 32.6 Å². The fourth-order valence-electron chi connectivity index (χ4n) is 1.48. The molecule has 0 amide bonds. The van der Waals surface area contributed by atoms with Crippen molar-refractivity contribution in [3.8, 4) is 0 Å². The minimum absolute atomic E-state index is 0.924. The molecule has 2 nitrogen and oxygen atoms in total. The van der Waals surface area contributed by atoms with Crippen LogP contribution in [0.15, 0.2) is 84.1 Å². The van der Waals surface area contributed by atoms with Crippen molar-refractivity contribution < 1.29 is 5.11 Å². The SMILES string of the molecule is C=CN=C(/C=C(C)/C=C\C=C/C)c1ccccc1.CC.CO. The summed E-state index contributed by atoms with van der Waals surface area (Å²) in [7, 11) is 1.00. The van der Waals surface area contributed by atoms with E-state index in [4.69, 9.17) is 5.11 Å². The van der Waals surface area contributed by atoms with Crippen LogP contribution in [0.2, 0.25) is 0 Å². The van der Waals surface area contributed by atoms with E-state index in [2.05, 4.69) is 30.6 Å². The van der Waals surface area contributed by atoms with Crippen LogP contribution in [-0.2, 0) is 0 Å². The first-order chi connectivity index (χ1) is 10.8. The number of aliphatic hydroxyl groups is 1. The van der Waals surface area contributed by atoms with Gasteiger partial charge in [-0.2, -0.15) is 0 Å². The zero-order chi connectivity index (χ0) is 17.2. The molecule has 1 aromatic rings. The fourth-order valence-corrected chi connectivity index (χ4v) is 1.48.